The van der Waals surface area contributed by atoms with Gasteiger partial charge in [-0.15, -0.1) is 0 Å². The number of nitrogens with zero attached hydrogens (tertiary/aromatic N) is 2. The number of aryl methyl sites for hydroxylation is 1. The van der Waals surface area contributed by atoms with Crippen molar-refractivity contribution in [1.82, 2.24) is 9.78 Å². The van der Waals surface area contributed by atoms with Gasteiger partial charge in [0, 0.05) is 5.39 Å². The monoisotopic (exact) mass is 427 g/mol. The normalized spacial score (nSPS) is 10.7. The molecule has 0 radical (unpaired) electrons. The van der Waals surface area contributed by atoms with Crippen molar-refractivity contribution < 1.29 is 14.3 Å². The van der Waals surface area contributed by atoms with Gasteiger partial charge in [-0.3, -0.25) is 9.59 Å². The van der Waals surface area contributed by atoms with E-state index in [0.29, 0.717) is 22.0 Å². The van der Waals surface area contributed by atoms with E-state index in [2.05, 4.69) is 10.4 Å². The van der Waals surface area contributed by atoms with E-state index in [-0.39, 0.29) is 23.4 Å². The Morgan fingerprint density at radius 3 is 2.34 bits per heavy atom. The van der Waals surface area contributed by atoms with Crippen LogP contribution in [0.15, 0.2) is 77.6 Å². The van der Waals surface area contributed by atoms with E-state index in [1.165, 1.54) is 11.8 Å². The topological polar surface area (TPSA) is 90.3 Å². The number of rotatable bonds is 5. The Bertz CT molecular complexity index is 1380. The maximum Gasteiger partial charge on any atom is 0.340 e. The molecule has 0 aliphatic heterocycles. The Morgan fingerprint density at radius 2 is 1.62 bits per heavy atom. The van der Waals surface area contributed by atoms with Crippen LogP contribution in [-0.2, 0) is 11.3 Å². The van der Waals surface area contributed by atoms with Gasteiger partial charge in [-0.2, -0.15) is 5.10 Å². The first-order chi connectivity index (χ1) is 15.5. The van der Waals surface area contributed by atoms with Crippen molar-refractivity contribution in [3.63, 3.8) is 0 Å². The van der Waals surface area contributed by atoms with Crippen LogP contribution in [0.4, 0.5) is 5.69 Å². The molecular weight excluding hydrogens is 406 g/mol. The van der Waals surface area contributed by atoms with E-state index in [0.717, 1.165) is 5.56 Å². The van der Waals surface area contributed by atoms with Gasteiger partial charge >= 0.3 is 5.97 Å². The molecule has 1 amide bonds. The Morgan fingerprint density at radius 1 is 0.938 bits per heavy atom. The van der Waals surface area contributed by atoms with Crippen LogP contribution < -0.4 is 10.9 Å². The molecule has 0 aliphatic carbocycles. The van der Waals surface area contributed by atoms with E-state index in [9.17, 15) is 14.4 Å². The first kappa shape index (κ1) is 21.0. The molecule has 3 aromatic carbocycles. The van der Waals surface area contributed by atoms with Crippen molar-refractivity contribution in [3.8, 4) is 0 Å². The zero-order valence-corrected chi connectivity index (χ0v) is 17.7. The molecule has 1 N–H and O–H groups in total. The van der Waals surface area contributed by atoms with Gasteiger partial charge in [0.05, 0.1) is 30.3 Å². The first-order valence-corrected chi connectivity index (χ1v) is 10.0. The molecule has 4 aromatic rings. The molecule has 0 spiro atoms. The summed E-state index contributed by atoms with van der Waals surface area (Å²) in [5.41, 5.74) is 1.94. The van der Waals surface area contributed by atoms with Gasteiger partial charge in [-0.1, -0.05) is 60.7 Å². The number of hydrogen-bond acceptors (Lipinski definition) is 5. The zero-order chi connectivity index (χ0) is 22.7. The van der Waals surface area contributed by atoms with Crippen molar-refractivity contribution in [3.05, 3.63) is 106 Å². The zero-order valence-electron chi connectivity index (χ0n) is 17.7. The third-order valence-electron chi connectivity index (χ3n) is 5.17. The number of ether oxygens (including phenoxy) is 1. The molecular formula is C25H21N3O4. The van der Waals surface area contributed by atoms with E-state index in [1.54, 1.807) is 49.4 Å². The number of methoxy groups -OCH3 is 1. The van der Waals surface area contributed by atoms with Crippen molar-refractivity contribution in [2.75, 3.05) is 12.4 Å². The number of fused-ring (bicyclic) bond motifs is 1. The molecule has 0 saturated heterocycles. The second-order valence-electron chi connectivity index (χ2n) is 7.29. The average molecular weight is 427 g/mol. The highest BCUT2D eigenvalue weighted by Crippen LogP contribution is 2.22. The third kappa shape index (κ3) is 4.00. The number of nitrogens with one attached hydrogen (secondary N) is 1. The summed E-state index contributed by atoms with van der Waals surface area (Å²) in [5, 5.41) is 7.98. The highest BCUT2D eigenvalue weighted by Gasteiger charge is 2.21. The minimum atomic E-state index is -0.551. The van der Waals surface area contributed by atoms with Crippen molar-refractivity contribution in [1.29, 1.82) is 0 Å². The van der Waals surface area contributed by atoms with Gasteiger partial charge in [-0.05, 0) is 30.2 Å². The maximum absolute atomic E-state index is 13.3. The molecule has 0 atom stereocenters. The summed E-state index contributed by atoms with van der Waals surface area (Å²) in [5.74, 6) is -1.08. The predicted molar refractivity (Wildman–Crippen MR) is 122 cm³/mol. The molecule has 1 aromatic heterocycles. The summed E-state index contributed by atoms with van der Waals surface area (Å²) in [6.45, 7) is 1.98. The first-order valence-electron chi connectivity index (χ1n) is 10.0. The quantitative estimate of drug-likeness (QED) is 0.490. The van der Waals surface area contributed by atoms with Gasteiger partial charge in [0.15, 0.2) is 5.69 Å². The molecule has 1 heterocycles. The van der Waals surface area contributed by atoms with Gasteiger partial charge in [0.25, 0.3) is 11.5 Å². The minimum absolute atomic E-state index is 0.0912. The van der Waals surface area contributed by atoms with Crippen LogP contribution in [-0.4, -0.2) is 28.8 Å². The SMILES string of the molecule is COC(=O)c1c(C)cccc1NC(=O)c1nn(Cc2ccccc2)c(=O)c2ccccc12. The molecule has 160 valence electrons. The van der Waals surface area contributed by atoms with Crippen molar-refractivity contribution >= 4 is 28.3 Å². The standard InChI is InChI=1S/C25H21N3O4/c1-16-9-8-14-20(21(16)25(31)32-2)26-23(29)22-18-12-6-7-13-19(18)24(30)28(27-22)15-17-10-4-3-5-11-17/h3-14H,15H2,1-2H3,(H,26,29). The van der Waals surface area contributed by atoms with Crippen molar-refractivity contribution in [2.24, 2.45) is 0 Å². The van der Waals surface area contributed by atoms with Gasteiger partial charge in [0.1, 0.15) is 0 Å². The summed E-state index contributed by atoms with van der Waals surface area (Å²) < 4.78 is 6.15. The van der Waals surface area contributed by atoms with Crippen LogP contribution in [0.5, 0.6) is 0 Å². The number of carbonyl (C=O) groups is 2. The number of esters is 1. The summed E-state index contributed by atoms with van der Waals surface area (Å²) in [7, 11) is 1.29. The number of aromatic nitrogens is 2. The summed E-state index contributed by atoms with van der Waals surface area (Å²) in [6.07, 6.45) is 0. The Balaban J connectivity index is 1.80. The van der Waals surface area contributed by atoms with E-state index in [1.807, 2.05) is 30.3 Å². The van der Waals surface area contributed by atoms with Crippen LogP contribution in [0, 0.1) is 6.92 Å². The number of amides is 1. The van der Waals surface area contributed by atoms with Crippen LogP contribution in [0.3, 0.4) is 0 Å². The van der Waals surface area contributed by atoms with Crippen LogP contribution in [0.1, 0.15) is 32.0 Å². The van der Waals surface area contributed by atoms with Crippen LogP contribution in [0.2, 0.25) is 0 Å². The molecule has 7 heteroatoms. The molecule has 0 bridgehead atoms. The fraction of sp³-hybridized carbons (Fsp3) is 0.120. The fourth-order valence-electron chi connectivity index (χ4n) is 3.59. The molecule has 0 unspecified atom stereocenters. The Labute approximate surface area is 184 Å². The molecule has 32 heavy (non-hydrogen) atoms. The average Bonchev–Trinajstić information content (AvgIpc) is 2.81. The minimum Gasteiger partial charge on any atom is -0.465 e. The summed E-state index contributed by atoms with van der Waals surface area (Å²) >= 11 is 0. The smallest absolute Gasteiger partial charge is 0.340 e. The molecule has 4 rings (SSSR count). The third-order valence-corrected chi connectivity index (χ3v) is 5.17. The van der Waals surface area contributed by atoms with Crippen LogP contribution >= 0.6 is 0 Å². The second kappa shape index (κ2) is 8.85. The number of anilines is 1. The lowest BCUT2D eigenvalue weighted by Crippen LogP contribution is -2.28. The maximum atomic E-state index is 13.3. The molecule has 7 nitrogen and oxygen atoms in total. The number of carbonyl (C=O) groups excluding carboxylic acids is 2. The molecule has 0 saturated carbocycles. The highest BCUT2D eigenvalue weighted by molar-refractivity contribution is 6.13. The van der Waals surface area contributed by atoms with E-state index in [4.69, 9.17) is 4.74 Å². The fourth-order valence-corrected chi connectivity index (χ4v) is 3.59. The van der Waals surface area contributed by atoms with Gasteiger partial charge in [-0.25, -0.2) is 9.48 Å². The van der Waals surface area contributed by atoms with Gasteiger partial charge in [0.2, 0.25) is 0 Å². The molecule has 0 aliphatic rings. The summed E-state index contributed by atoms with van der Waals surface area (Å²) in [6, 6.07) is 21.4. The lowest BCUT2D eigenvalue weighted by atomic mass is 10.1. The predicted octanol–water partition coefficient (Wildman–Crippen LogP) is 3.79. The molecule has 0 fully saturated rings. The number of benzene rings is 3. The van der Waals surface area contributed by atoms with E-state index < -0.39 is 11.9 Å². The van der Waals surface area contributed by atoms with Gasteiger partial charge < -0.3 is 10.1 Å². The van der Waals surface area contributed by atoms with Crippen LogP contribution in [0.25, 0.3) is 10.8 Å². The largest absolute Gasteiger partial charge is 0.465 e. The second-order valence-corrected chi connectivity index (χ2v) is 7.29. The number of hydrogen-bond donors (Lipinski definition) is 1. The highest BCUT2D eigenvalue weighted by atomic mass is 16.5. The Hall–Kier alpha value is -4.26. The lowest BCUT2D eigenvalue weighted by molar-refractivity contribution is 0.0601. The lowest BCUT2D eigenvalue weighted by Gasteiger charge is -2.14. The van der Waals surface area contributed by atoms with E-state index >= 15 is 0 Å². The van der Waals surface area contributed by atoms with Crippen molar-refractivity contribution in [2.45, 2.75) is 13.5 Å². The Kier molecular flexibility index (Phi) is 5.81. The summed E-state index contributed by atoms with van der Waals surface area (Å²) in [4.78, 5) is 38.5.